The molecule has 94 valence electrons. The van der Waals surface area contributed by atoms with E-state index in [2.05, 4.69) is 20.7 Å². The normalized spacial score (nSPS) is 11.1. The molecule has 0 N–H and O–H groups in total. The summed E-state index contributed by atoms with van der Waals surface area (Å²) in [5.74, 6) is -0.638. The Morgan fingerprint density at radius 2 is 1.94 bits per heavy atom. The smallest absolute Gasteiger partial charge is 0.339 e. The number of carbonyl (C=O) groups excluding carboxylic acids is 1. The maximum Gasteiger partial charge on any atom is 0.339 e. The number of methoxy groups -OCH3 is 2. The van der Waals surface area contributed by atoms with Crippen LogP contribution in [0, 0.1) is 0 Å². The Kier molecular flexibility index (Phi) is 4.40. The largest absolute Gasteiger partial charge is 0.495 e. The molecule has 1 aromatic carbocycles. The van der Waals surface area contributed by atoms with Crippen LogP contribution in [0.3, 0.4) is 0 Å². The van der Waals surface area contributed by atoms with Crippen LogP contribution in [0.5, 0.6) is 5.75 Å². The molecule has 1 rings (SSSR count). The van der Waals surface area contributed by atoms with Crippen LogP contribution >= 0.6 is 26.6 Å². The second-order valence-corrected chi connectivity index (χ2v) is 6.30. The van der Waals surface area contributed by atoms with E-state index < -0.39 is 15.0 Å². The zero-order valence-corrected chi connectivity index (χ0v) is 12.0. The summed E-state index contributed by atoms with van der Waals surface area (Å²) in [5.41, 5.74) is 0.0486. The molecule has 0 fully saturated rings. The predicted octanol–water partition coefficient (Wildman–Crippen LogP) is 2.17. The summed E-state index contributed by atoms with van der Waals surface area (Å²) in [7, 11) is 3.72. The number of carbonyl (C=O) groups is 1. The van der Waals surface area contributed by atoms with Gasteiger partial charge in [0.1, 0.15) is 10.6 Å². The van der Waals surface area contributed by atoms with Gasteiger partial charge in [-0.15, -0.1) is 0 Å². The molecule has 0 unspecified atom stereocenters. The van der Waals surface area contributed by atoms with Gasteiger partial charge in [-0.05, 0) is 28.1 Å². The van der Waals surface area contributed by atoms with E-state index in [1.54, 1.807) is 0 Å². The predicted molar refractivity (Wildman–Crippen MR) is 65.1 cm³/mol. The maximum atomic E-state index is 11.4. The minimum absolute atomic E-state index is 0.0412. The lowest BCUT2D eigenvalue weighted by Gasteiger charge is -2.09. The third-order valence-corrected chi connectivity index (χ3v) is 3.92. The van der Waals surface area contributed by atoms with Gasteiger partial charge in [-0.3, -0.25) is 0 Å². The van der Waals surface area contributed by atoms with Gasteiger partial charge in [-0.2, -0.15) is 0 Å². The Morgan fingerprint density at radius 3 is 2.35 bits per heavy atom. The summed E-state index contributed by atoms with van der Waals surface area (Å²) < 4.78 is 32.3. The fourth-order valence-electron chi connectivity index (χ4n) is 1.15. The van der Waals surface area contributed by atoms with E-state index in [1.807, 2.05) is 0 Å². The van der Waals surface area contributed by atoms with Gasteiger partial charge in [-0.1, -0.05) is 0 Å². The summed E-state index contributed by atoms with van der Waals surface area (Å²) in [6.07, 6.45) is 0. The first-order valence-corrected chi connectivity index (χ1v) is 7.32. The summed E-state index contributed by atoms with van der Waals surface area (Å²) in [4.78, 5) is 11.1. The lowest BCUT2D eigenvalue weighted by Crippen LogP contribution is -2.05. The van der Waals surface area contributed by atoms with Crippen molar-refractivity contribution < 1.29 is 22.7 Å². The summed E-state index contributed by atoms with van der Waals surface area (Å²) >= 11 is 3.11. The first-order chi connectivity index (χ1) is 7.81. The molecule has 0 heterocycles. The monoisotopic (exact) mass is 342 g/mol. The van der Waals surface area contributed by atoms with Crippen LogP contribution in [0.2, 0.25) is 0 Å². The second-order valence-electron chi connectivity index (χ2n) is 2.91. The highest BCUT2D eigenvalue weighted by Gasteiger charge is 2.22. The SMILES string of the molecule is COC(=O)c1cc(S(=O)(=O)Cl)c(OC)cc1Br. The number of hydrogen-bond acceptors (Lipinski definition) is 5. The Morgan fingerprint density at radius 1 is 1.35 bits per heavy atom. The number of rotatable bonds is 3. The summed E-state index contributed by atoms with van der Waals surface area (Å²) in [6.45, 7) is 0. The van der Waals surface area contributed by atoms with Crippen molar-refractivity contribution in [2.75, 3.05) is 14.2 Å². The molecule has 5 nitrogen and oxygen atoms in total. The highest BCUT2D eigenvalue weighted by molar-refractivity contribution is 9.10. The van der Waals surface area contributed by atoms with E-state index in [4.69, 9.17) is 15.4 Å². The summed E-state index contributed by atoms with van der Waals surface area (Å²) in [5, 5.41) is 0. The van der Waals surface area contributed by atoms with Crippen LogP contribution in [0.4, 0.5) is 0 Å². The van der Waals surface area contributed by atoms with Gasteiger partial charge in [0.25, 0.3) is 9.05 Å². The number of halogens is 2. The van der Waals surface area contributed by atoms with Gasteiger partial charge >= 0.3 is 5.97 Å². The molecule has 0 aliphatic heterocycles. The lowest BCUT2D eigenvalue weighted by atomic mass is 10.2. The molecule has 0 atom stereocenters. The highest BCUT2D eigenvalue weighted by Crippen LogP contribution is 2.33. The Balaban J connectivity index is 3.54. The standard InChI is InChI=1S/C9H8BrClO5S/c1-15-7-4-6(10)5(9(12)16-2)3-8(7)17(11,13)14/h3-4H,1-2H3. The van der Waals surface area contributed by atoms with E-state index in [-0.39, 0.29) is 16.2 Å². The molecule has 0 aliphatic rings. The number of benzene rings is 1. The number of ether oxygens (including phenoxy) is 2. The van der Waals surface area contributed by atoms with Crippen molar-refractivity contribution in [3.63, 3.8) is 0 Å². The lowest BCUT2D eigenvalue weighted by molar-refractivity contribution is 0.0599. The Hall–Kier alpha value is -0.790. The van der Waals surface area contributed by atoms with E-state index in [0.717, 1.165) is 6.07 Å². The average molecular weight is 344 g/mol. The molecule has 0 saturated carbocycles. The van der Waals surface area contributed by atoms with Crippen molar-refractivity contribution in [2.45, 2.75) is 4.90 Å². The molecule has 8 heteroatoms. The molecule has 0 amide bonds. The van der Waals surface area contributed by atoms with Crippen LogP contribution in [-0.4, -0.2) is 28.6 Å². The molecule has 0 bridgehead atoms. The van der Waals surface area contributed by atoms with Gasteiger partial charge < -0.3 is 9.47 Å². The maximum absolute atomic E-state index is 11.4. The topological polar surface area (TPSA) is 69.7 Å². The molecular weight excluding hydrogens is 336 g/mol. The van der Waals surface area contributed by atoms with Gasteiger partial charge in [-0.25, -0.2) is 13.2 Å². The van der Waals surface area contributed by atoms with Crippen LogP contribution in [0.1, 0.15) is 10.4 Å². The molecule has 0 aromatic heterocycles. The fraction of sp³-hybridized carbons (Fsp3) is 0.222. The van der Waals surface area contributed by atoms with Crippen molar-refractivity contribution in [3.05, 3.63) is 22.2 Å². The van der Waals surface area contributed by atoms with Crippen molar-refractivity contribution >= 4 is 41.6 Å². The summed E-state index contributed by atoms with van der Waals surface area (Å²) in [6, 6.07) is 2.43. The zero-order valence-electron chi connectivity index (χ0n) is 8.86. The minimum Gasteiger partial charge on any atom is -0.495 e. The van der Waals surface area contributed by atoms with Crippen LogP contribution in [-0.2, 0) is 13.8 Å². The molecule has 0 saturated heterocycles. The number of hydrogen-bond donors (Lipinski definition) is 0. The van der Waals surface area contributed by atoms with E-state index in [9.17, 15) is 13.2 Å². The zero-order chi connectivity index (χ0) is 13.2. The minimum atomic E-state index is -4.01. The molecular formula is C9H8BrClO5S. The molecule has 0 spiro atoms. The van der Waals surface area contributed by atoms with E-state index in [1.165, 1.54) is 20.3 Å². The fourth-order valence-corrected chi connectivity index (χ4v) is 2.64. The van der Waals surface area contributed by atoms with Gasteiger partial charge in [0.15, 0.2) is 0 Å². The van der Waals surface area contributed by atoms with Crippen molar-refractivity contribution in [3.8, 4) is 5.75 Å². The quantitative estimate of drug-likeness (QED) is 0.621. The van der Waals surface area contributed by atoms with Gasteiger partial charge in [0.05, 0.1) is 19.8 Å². The molecule has 0 radical (unpaired) electrons. The van der Waals surface area contributed by atoms with Crippen LogP contribution < -0.4 is 4.74 Å². The van der Waals surface area contributed by atoms with E-state index >= 15 is 0 Å². The van der Waals surface area contributed by atoms with Crippen LogP contribution in [0.15, 0.2) is 21.5 Å². The van der Waals surface area contributed by atoms with Crippen molar-refractivity contribution in [1.82, 2.24) is 0 Å². The second kappa shape index (κ2) is 5.24. The first kappa shape index (κ1) is 14.3. The third kappa shape index (κ3) is 3.11. The highest BCUT2D eigenvalue weighted by atomic mass is 79.9. The van der Waals surface area contributed by atoms with Crippen LogP contribution in [0.25, 0.3) is 0 Å². The van der Waals surface area contributed by atoms with Gasteiger partial charge in [0.2, 0.25) is 0 Å². The van der Waals surface area contributed by atoms with Gasteiger partial charge in [0, 0.05) is 15.2 Å². The van der Waals surface area contributed by atoms with Crippen molar-refractivity contribution in [1.29, 1.82) is 0 Å². The molecule has 0 aliphatic carbocycles. The molecule has 17 heavy (non-hydrogen) atoms. The number of esters is 1. The molecule has 1 aromatic rings. The van der Waals surface area contributed by atoms with E-state index in [0.29, 0.717) is 4.47 Å². The van der Waals surface area contributed by atoms with Crippen molar-refractivity contribution in [2.24, 2.45) is 0 Å². The Bertz CT molecular complexity index is 555. The first-order valence-electron chi connectivity index (χ1n) is 4.21. The average Bonchev–Trinajstić information content (AvgIpc) is 2.25. The Labute approximate surface area is 111 Å². The third-order valence-electron chi connectivity index (χ3n) is 1.92.